The average molecular weight is 266 g/mol. The van der Waals surface area contributed by atoms with Crippen molar-refractivity contribution in [1.29, 1.82) is 0 Å². The monoisotopic (exact) mass is 265 g/mol. The van der Waals surface area contributed by atoms with Crippen LogP contribution in [0.5, 0.6) is 5.75 Å². The van der Waals surface area contributed by atoms with Gasteiger partial charge in [0.1, 0.15) is 5.75 Å². The first-order chi connectivity index (χ1) is 8.65. The van der Waals surface area contributed by atoms with Crippen molar-refractivity contribution >= 4 is 17.4 Å². The van der Waals surface area contributed by atoms with E-state index >= 15 is 0 Å². The van der Waals surface area contributed by atoms with Crippen molar-refractivity contribution in [3.63, 3.8) is 0 Å². The zero-order chi connectivity index (χ0) is 13.1. The van der Waals surface area contributed by atoms with Crippen molar-refractivity contribution in [2.75, 3.05) is 7.11 Å². The predicted octanol–water partition coefficient (Wildman–Crippen LogP) is 3.11. The number of rotatable bonds is 3. The molecule has 0 saturated carbocycles. The fourth-order valence-corrected chi connectivity index (χ4v) is 1.71. The molecule has 0 aliphatic rings. The Morgan fingerprint density at radius 2 is 2.11 bits per heavy atom. The second kappa shape index (κ2) is 5.14. The molecule has 0 bridgehead atoms. The van der Waals surface area contributed by atoms with Crippen molar-refractivity contribution < 1.29 is 13.9 Å². The molecule has 3 nitrogen and oxygen atoms in total. The van der Waals surface area contributed by atoms with Crippen LogP contribution in [0.3, 0.4) is 0 Å². The normalized spacial score (nSPS) is 10.2. The maximum atomic E-state index is 13.8. The summed E-state index contributed by atoms with van der Waals surface area (Å²) in [5, 5.41) is -0.101. The number of hydrogen-bond acceptors (Lipinski definition) is 3. The minimum Gasteiger partial charge on any atom is -0.494 e. The van der Waals surface area contributed by atoms with E-state index in [1.54, 1.807) is 12.1 Å². The molecule has 0 saturated heterocycles. The smallest absolute Gasteiger partial charge is 0.218 e. The maximum absolute atomic E-state index is 13.8. The second-order valence-corrected chi connectivity index (χ2v) is 3.89. The van der Waals surface area contributed by atoms with Crippen molar-refractivity contribution in [2.24, 2.45) is 0 Å². The Morgan fingerprint density at radius 1 is 1.33 bits per heavy atom. The molecule has 0 aliphatic carbocycles. The second-order valence-electron chi connectivity index (χ2n) is 3.48. The van der Waals surface area contributed by atoms with E-state index in [0.717, 1.165) is 0 Å². The standard InChI is InChI=1S/C13H9ClFNO2/c1-18-10-6-3-7-16-12(10)13(17)8-4-2-5-9(14)11(8)15/h2-7H,1H3. The number of nitrogens with zero attached hydrogens (tertiary/aromatic N) is 1. The van der Waals surface area contributed by atoms with Gasteiger partial charge in [-0.25, -0.2) is 9.37 Å². The van der Waals surface area contributed by atoms with Crippen LogP contribution in [0, 0.1) is 5.82 Å². The van der Waals surface area contributed by atoms with Crippen molar-refractivity contribution in [3.8, 4) is 5.75 Å². The molecule has 0 radical (unpaired) electrons. The van der Waals surface area contributed by atoms with Crippen LogP contribution in [0.1, 0.15) is 16.1 Å². The Morgan fingerprint density at radius 3 is 2.83 bits per heavy atom. The molecule has 0 unspecified atom stereocenters. The number of benzene rings is 1. The molecule has 0 fully saturated rings. The first-order valence-corrected chi connectivity index (χ1v) is 5.50. The minimum absolute atomic E-state index is 0.0566. The lowest BCUT2D eigenvalue weighted by Crippen LogP contribution is -2.08. The van der Waals surface area contributed by atoms with Crippen molar-refractivity contribution in [3.05, 3.63) is 58.6 Å². The summed E-state index contributed by atoms with van der Waals surface area (Å²) in [6.07, 6.45) is 1.44. The van der Waals surface area contributed by atoms with Gasteiger partial charge in [0.15, 0.2) is 11.5 Å². The van der Waals surface area contributed by atoms with Crippen molar-refractivity contribution in [2.45, 2.75) is 0 Å². The molecule has 1 heterocycles. The van der Waals surface area contributed by atoms with E-state index in [-0.39, 0.29) is 16.3 Å². The topological polar surface area (TPSA) is 39.2 Å². The summed E-state index contributed by atoms with van der Waals surface area (Å²) >= 11 is 5.64. The fourth-order valence-electron chi connectivity index (χ4n) is 1.53. The van der Waals surface area contributed by atoms with Crippen LogP contribution >= 0.6 is 11.6 Å². The molecule has 2 rings (SSSR count). The van der Waals surface area contributed by atoms with E-state index in [2.05, 4.69) is 4.98 Å². The zero-order valence-corrected chi connectivity index (χ0v) is 10.2. The van der Waals surface area contributed by atoms with E-state index in [0.29, 0.717) is 5.75 Å². The summed E-state index contributed by atoms with van der Waals surface area (Å²) in [7, 11) is 1.42. The number of ether oxygens (including phenoxy) is 1. The molecule has 5 heteroatoms. The first-order valence-electron chi connectivity index (χ1n) is 5.13. The van der Waals surface area contributed by atoms with Crippen LogP contribution < -0.4 is 4.74 Å². The molecule has 1 aromatic heterocycles. The Labute approximate surface area is 108 Å². The van der Waals surface area contributed by atoms with Crippen LogP contribution in [-0.4, -0.2) is 17.9 Å². The zero-order valence-electron chi connectivity index (χ0n) is 9.48. The summed E-state index contributed by atoms with van der Waals surface area (Å²) in [6.45, 7) is 0. The van der Waals surface area contributed by atoms with E-state index in [9.17, 15) is 9.18 Å². The van der Waals surface area contributed by atoms with E-state index in [4.69, 9.17) is 16.3 Å². The first kappa shape index (κ1) is 12.5. The molecular weight excluding hydrogens is 257 g/mol. The van der Waals surface area contributed by atoms with Gasteiger partial charge < -0.3 is 4.74 Å². The number of ketones is 1. The highest BCUT2D eigenvalue weighted by molar-refractivity contribution is 6.31. The van der Waals surface area contributed by atoms with E-state index < -0.39 is 11.6 Å². The van der Waals surface area contributed by atoms with Crippen LogP contribution in [-0.2, 0) is 0 Å². The summed E-state index contributed by atoms with van der Waals surface area (Å²) in [6, 6.07) is 7.46. The third-order valence-corrected chi connectivity index (χ3v) is 2.69. The molecule has 0 aliphatic heterocycles. The van der Waals surface area contributed by atoms with E-state index in [1.807, 2.05) is 0 Å². The highest BCUT2D eigenvalue weighted by Crippen LogP contribution is 2.23. The molecule has 0 atom stereocenters. The molecule has 18 heavy (non-hydrogen) atoms. The van der Waals surface area contributed by atoms with Gasteiger partial charge in [-0.1, -0.05) is 17.7 Å². The van der Waals surface area contributed by atoms with Crippen LogP contribution in [0.15, 0.2) is 36.5 Å². The van der Waals surface area contributed by atoms with Gasteiger partial charge in [-0.3, -0.25) is 4.79 Å². The summed E-state index contributed by atoms with van der Waals surface area (Å²) in [4.78, 5) is 16.1. The third-order valence-electron chi connectivity index (χ3n) is 2.40. The highest BCUT2D eigenvalue weighted by Gasteiger charge is 2.20. The lowest BCUT2D eigenvalue weighted by atomic mass is 10.1. The van der Waals surface area contributed by atoms with Gasteiger partial charge in [-0.05, 0) is 24.3 Å². The molecule has 92 valence electrons. The van der Waals surface area contributed by atoms with Gasteiger partial charge in [0.2, 0.25) is 5.78 Å². The third kappa shape index (κ3) is 2.19. The lowest BCUT2D eigenvalue weighted by molar-refractivity contribution is 0.102. The summed E-state index contributed by atoms with van der Waals surface area (Å²) < 4.78 is 18.8. The number of carbonyl (C=O) groups is 1. The Balaban J connectivity index is 2.52. The molecule has 0 N–H and O–H groups in total. The number of pyridine rings is 1. The van der Waals surface area contributed by atoms with Crippen LogP contribution in [0.2, 0.25) is 5.02 Å². The Bertz CT molecular complexity index is 601. The predicted molar refractivity (Wildman–Crippen MR) is 65.6 cm³/mol. The molecular formula is C13H9ClFNO2. The SMILES string of the molecule is COc1cccnc1C(=O)c1cccc(Cl)c1F. The van der Waals surface area contributed by atoms with Gasteiger partial charge >= 0.3 is 0 Å². The summed E-state index contributed by atoms with van der Waals surface area (Å²) in [5.74, 6) is -1.02. The number of carbonyl (C=O) groups excluding carboxylic acids is 1. The lowest BCUT2D eigenvalue weighted by Gasteiger charge is -2.07. The average Bonchev–Trinajstić information content (AvgIpc) is 2.41. The Kier molecular flexibility index (Phi) is 3.58. The number of aromatic nitrogens is 1. The van der Waals surface area contributed by atoms with Gasteiger partial charge in [0.25, 0.3) is 0 Å². The largest absolute Gasteiger partial charge is 0.494 e. The highest BCUT2D eigenvalue weighted by atomic mass is 35.5. The number of methoxy groups -OCH3 is 1. The van der Waals surface area contributed by atoms with Gasteiger partial charge in [0, 0.05) is 6.20 Å². The van der Waals surface area contributed by atoms with Gasteiger partial charge in [0.05, 0.1) is 17.7 Å². The number of hydrogen-bond donors (Lipinski definition) is 0. The van der Waals surface area contributed by atoms with Gasteiger partial charge in [-0.2, -0.15) is 0 Å². The Hall–Kier alpha value is -1.94. The summed E-state index contributed by atoms with van der Waals surface area (Å²) in [5.41, 5.74) is -0.0688. The molecule has 0 amide bonds. The van der Waals surface area contributed by atoms with E-state index in [1.165, 1.54) is 31.5 Å². The van der Waals surface area contributed by atoms with Gasteiger partial charge in [-0.15, -0.1) is 0 Å². The quantitative estimate of drug-likeness (QED) is 0.801. The minimum atomic E-state index is -0.753. The molecule has 2 aromatic rings. The molecule has 1 aromatic carbocycles. The van der Waals surface area contributed by atoms with Crippen LogP contribution in [0.25, 0.3) is 0 Å². The fraction of sp³-hybridized carbons (Fsp3) is 0.0769. The van der Waals surface area contributed by atoms with Crippen LogP contribution in [0.4, 0.5) is 4.39 Å². The molecule has 0 spiro atoms. The maximum Gasteiger partial charge on any atom is 0.218 e. The number of halogens is 2. The van der Waals surface area contributed by atoms with Crippen molar-refractivity contribution in [1.82, 2.24) is 4.98 Å².